The van der Waals surface area contributed by atoms with E-state index in [9.17, 15) is 33.9 Å². The first-order chi connectivity index (χ1) is 15.2. The van der Waals surface area contributed by atoms with Crippen LogP contribution in [0.15, 0.2) is 0 Å². The van der Waals surface area contributed by atoms with Gasteiger partial charge in [-0.05, 0) is 11.8 Å². The first-order valence-electron chi connectivity index (χ1n) is 10.6. The van der Waals surface area contributed by atoms with Crippen molar-refractivity contribution < 1.29 is 39.0 Å². The molecule has 4 amide bonds. The van der Waals surface area contributed by atoms with Gasteiger partial charge in [0.05, 0.1) is 18.9 Å². The molecule has 33 heavy (non-hydrogen) atoms. The second-order valence-electron chi connectivity index (χ2n) is 8.01. The van der Waals surface area contributed by atoms with Crippen molar-refractivity contribution in [1.82, 2.24) is 16.0 Å². The van der Waals surface area contributed by atoms with Gasteiger partial charge in [-0.15, -0.1) is 0 Å². The average Bonchev–Trinajstić information content (AvgIpc) is 2.73. The summed E-state index contributed by atoms with van der Waals surface area (Å²) in [6.45, 7) is 6.87. The van der Waals surface area contributed by atoms with Crippen molar-refractivity contribution in [1.29, 1.82) is 0 Å². The summed E-state index contributed by atoms with van der Waals surface area (Å²) in [7, 11) is 0. The largest absolute Gasteiger partial charge is 0.481 e. The van der Waals surface area contributed by atoms with Crippen LogP contribution in [-0.2, 0) is 28.8 Å². The molecule has 0 radical (unpaired) electrons. The number of carbonyl (C=O) groups is 6. The Balaban J connectivity index is 5.64. The lowest BCUT2D eigenvalue weighted by atomic mass is 9.96. The van der Waals surface area contributed by atoms with Crippen LogP contribution in [0.1, 0.15) is 53.4 Å². The third-order valence-electron chi connectivity index (χ3n) is 5.38. The third kappa shape index (κ3) is 10.3. The van der Waals surface area contributed by atoms with E-state index in [1.54, 1.807) is 20.8 Å². The molecule has 0 aliphatic rings. The minimum atomic E-state index is -1.61. The van der Waals surface area contributed by atoms with Crippen molar-refractivity contribution in [3.8, 4) is 0 Å². The van der Waals surface area contributed by atoms with Gasteiger partial charge in [-0.2, -0.15) is 0 Å². The number of amides is 4. The van der Waals surface area contributed by atoms with Gasteiger partial charge in [0.1, 0.15) is 18.1 Å². The molecule has 0 fully saturated rings. The second-order valence-corrected chi connectivity index (χ2v) is 8.01. The molecule has 9 N–H and O–H groups in total. The number of hydrogen-bond acceptors (Lipinski definition) is 7. The molecule has 0 aromatic heterocycles. The van der Waals surface area contributed by atoms with Gasteiger partial charge in [0.15, 0.2) is 0 Å². The van der Waals surface area contributed by atoms with E-state index in [4.69, 9.17) is 16.6 Å². The monoisotopic (exact) mass is 473 g/mol. The molecule has 0 aliphatic heterocycles. The number of carboxylic acids is 2. The van der Waals surface area contributed by atoms with E-state index in [1.807, 2.05) is 6.92 Å². The summed E-state index contributed by atoms with van der Waals surface area (Å²) in [6, 6.07) is -5.38. The Bertz CT molecular complexity index is 744. The molecule has 13 nitrogen and oxygen atoms in total. The summed E-state index contributed by atoms with van der Waals surface area (Å²) >= 11 is 0. The Hall–Kier alpha value is -3.22. The van der Waals surface area contributed by atoms with Crippen LogP contribution in [-0.4, -0.2) is 69.9 Å². The Morgan fingerprint density at radius 3 is 1.70 bits per heavy atom. The lowest BCUT2D eigenvalue weighted by Crippen LogP contribution is -2.59. The van der Waals surface area contributed by atoms with Gasteiger partial charge in [0.2, 0.25) is 23.6 Å². The molecular weight excluding hydrogens is 438 g/mol. The van der Waals surface area contributed by atoms with Gasteiger partial charge in [-0.25, -0.2) is 4.79 Å². The van der Waals surface area contributed by atoms with Crippen molar-refractivity contribution in [2.45, 2.75) is 77.5 Å². The fourth-order valence-electron chi connectivity index (χ4n) is 2.78. The van der Waals surface area contributed by atoms with Crippen LogP contribution in [0.5, 0.6) is 0 Å². The molecule has 6 atom stereocenters. The summed E-state index contributed by atoms with van der Waals surface area (Å²) in [6.07, 6.45) is -0.454. The van der Waals surface area contributed by atoms with E-state index < -0.39 is 78.5 Å². The smallest absolute Gasteiger partial charge is 0.326 e. The van der Waals surface area contributed by atoms with E-state index in [-0.39, 0.29) is 5.92 Å². The maximum Gasteiger partial charge on any atom is 0.326 e. The van der Waals surface area contributed by atoms with E-state index in [0.29, 0.717) is 12.8 Å². The fraction of sp³-hybridized carbons (Fsp3) is 0.700. The summed E-state index contributed by atoms with van der Waals surface area (Å²) in [5.74, 6) is -7.12. The highest BCUT2D eigenvalue weighted by Crippen LogP contribution is 2.11. The van der Waals surface area contributed by atoms with Crippen LogP contribution in [0.2, 0.25) is 0 Å². The van der Waals surface area contributed by atoms with Gasteiger partial charge in [0.25, 0.3) is 0 Å². The topological polar surface area (TPSA) is 231 Å². The van der Waals surface area contributed by atoms with Crippen molar-refractivity contribution in [3.05, 3.63) is 0 Å². The van der Waals surface area contributed by atoms with Gasteiger partial charge in [0, 0.05) is 0 Å². The molecule has 0 saturated carbocycles. The highest BCUT2D eigenvalue weighted by Gasteiger charge is 2.34. The van der Waals surface area contributed by atoms with Gasteiger partial charge < -0.3 is 37.6 Å². The predicted molar refractivity (Wildman–Crippen MR) is 116 cm³/mol. The molecular formula is C20H35N5O8. The van der Waals surface area contributed by atoms with Crippen molar-refractivity contribution in [2.75, 3.05) is 0 Å². The van der Waals surface area contributed by atoms with Crippen molar-refractivity contribution in [3.63, 3.8) is 0 Å². The molecule has 0 spiro atoms. The molecule has 6 unspecified atom stereocenters. The van der Waals surface area contributed by atoms with Crippen molar-refractivity contribution in [2.24, 2.45) is 23.3 Å². The first kappa shape index (κ1) is 29.8. The normalized spacial score (nSPS) is 16.3. The summed E-state index contributed by atoms with van der Waals surface area (Å²) in [5, 5.41) is 25.2. The van der Waals surface area contributed by atoms with Crippen LogP contribution in [0, 0.1) is 11.8 Å². The molecule has 0 aromatic rings. The van der Waals surface area contributed by atoms with Crippen LogP contribution < -0.4 is 27.4 Å². The zero-order chi connectivity index (χ0) is 25.9. The second kappa shape index (κ2) is 14.0. The lowest BCUT2D eigenvalue weighted by molar-refractivity contribution is -0.144. The predicted octanol–water partition coefficient (Wildman–Crippen LogP) is -1.70. The Morgan fingerprint density at radius 1 is 0.758 bits per heavy atom. The van der Waals surface area contributed by atoms with E-state index in [1.165, 1.54) is 0 Å². The number of carboxylic acid groups (broad SMARTS) is 2. The maximum absolute atomic E-state index is 12.8. The van der Waals surface area contributed by atoms with Gasteiger partial charge >= 0.3 is 11.9 Å². The average molecular weight is 474 g/mol. The standard InChI is InChI=1S/C20H35N5O8/c1-5-9(3)15(22)18(30)23-11(8-14(27)28)17(29)25-16(10(4)6-2)19(31)24-12(20(32)33)7-13(21)26/h9-12,15-16H,5-8,22H2,1-4H3,(H2,21,26)(H,23,30)(H,24,31)(H,25,29)(H,27,28)(H,32,33). The van der Waals surface area contributed by atoms with Gasteiger partial charge in [-0.1, -0.05) is 40.5 Å². The lowest BCUT2D eigenvalue weighted by Gasteiger charge is -2.28. The maximum atomic E-state index is 12.8. The number of rotatable bonds is 15. The fourth-order valence-corrected chi connectivity index (χ4v) is 2.78. The quantitative estimate of drug-likeness (QED) is 0.143. The Labute approximate surface area is 192 Å². The number of carbonyl (C=O) groups excluding carboxylic acids is 4. The molecule has 0 bridgehead atoms. The molecule has 0 aromatic carbocycles. The van der Waals surface area contributed by atoms with E-state index >= 15 is 0 Å². The first-order valence-corrected chi connectivity index (χ1v) is 10.6. The number of aliphatic carboxylic acids is 2. The number of nitrogens with two attached hydrogens (primary N) is 2. The summed E-state index contributed by atoms with van der Waals surface area (Å²) in [4.78, 5) is 71.5. The number of hydrogen-bond donors (Lipinski definition) is 7. The highest BCUT2D eigenvalue weighted by atomic mass is 16.4. The Morgan fingerprint density at radius 2 is 1.27 bits per heavy atom. The number of primary amides is 1. The SMILES string of the molecule is CCC(C)C(N)C(=O)NC(CC(=O)O)C(=O)NC(C(=O)NC(CC(N)=O)C(=O)O)C(C)CC. The summed E-state index contributed by atoms with van der Waals surface area (Å²) < 4.78 is 0. The van der Waals surface area contributed by atoms with Crippen LogP contribution in [0.4, 0.5) is 0 Å². The molecule has 188 valence electrons. The summed E-state index contributed by atoms with van der Waals surface area (Å²) in [5.41, 5.74) is 10.9. The molecule has 0 saturated heterocycles. The molecule has 0 heterocycles. The van der Waals surface area contributed by atoms with E-state index in [2.05, 4.69) is 16.0 Å². The molecule has 0 aliphatic carbocycles. The molecule has 0 rings (SSSR count). The van der Waals surface area contributed by atoms with Crippen LogP contribution in [0.3, 0.4) is 0 Å². The van der Waals surface area contributed by atoms with Crippen LogP contribution in [0.25, 0.3) is 0 Å². The van der Waals surface area contributed by atoms with Crippen molar-refractivity contribution >= 4 is 35.6 Å². The molecule has 13 heteroatoms. The minimum absolute atomic E-state index is 0.226. The highest BCUT2D eigenvalue weighted by molar-refractivity contribution is 5.96. The van der Waals surface area contributed by atoms with Gasteiger partial charge in [-0.3, -0.25) is 24.0 Å². The number of nitrogens with one attached hydrogen (secondary N) is 3. The zero-order valence-corrected chi connectivity index (χ0v) is 19.3. The third-order valence-corrected chi connectivity index (χ3v) is 5.38. The zero-order valence-electron chi connectivity index (χ0n) is 19.3. The Kier molecular flexibility index (Phi) is 12.7. The van der Waals surface area contributed by atoms with E-state index in [0.717, 1.165) is 0 Å². The minimum Gasteiger partial charge on any atom is -0.481 e. The van der Waals surface area contributed by atoms with Crippen LogP contribution >= 0.6 is 0 Å².